The van der Waals surface area contributed by atoms with Crippen LogP contribution in [0.1, 0.15) is 450 Å². The summed E-state index contributed by atoms with van der Waals surface area (Å²) >= 11 is 0. The summed E-state index contributed by atoms with van der Waals surface area (Å²) in [5.41, 5.74) is 0. The second-order valence-corrected chi connectivity index (χ2v) is 27.4. The number of carbonyl (C=O) groups is 2. The maximum atomic E-state index is 12.5. The summed E-state index contributed by atoms with van der Waals surface area (Å²) in [5, 5.41) is 23.3. The third-order valence-electron chi connectivity index (χ3n) is 18.7. The highest BCUT2D eigenvalue weighted by Gasteiger charge is 2.18. The van der Waals surface area contributed by atoms with E-state index in [0.717, 1.165) is 38.5 Å². The molecule has 0 heterocycles. The predicted molar refractivity (Wildman–Crippen MR) is 380 cm³/mol. The molecule has 0 spiro atoms. The summed E-state index contributed by atoms with van der Waals surface area (Å²) in [4.78, 5) is 24.7. The number of hydrogen-bond acceptors (Lipinski definition) is 5. The normalized spacial score (nSPS) is 12.6. The molecule has 1 amide bonds. The van der Waals surface area contributed by atoms with Crippen molar-refractivity contribution in [1.29, 1.82) is 0 Å². The summed E-state index contributed by atoms with van der Waals surface area (Å²) in [6, 6.07) is -0.628. The minimum absolute atomic E-state index is 0.0212. The second kappa shape index (κ2) is 75.8. The van der Waals surface area contributed by atoms with Crippen molar-refractivity contribution in [3.8, 4) is 0 Å². The molecule has 6 nitrogen and oxygen atoms in total. The molecule has 2 atom stereocenters. The maximum absolute atomic E-state index is 12.5. The first-order chi connectivity index (χ1) is 42.5. The van der Waals surface area contributed by atoms with E-state index in [1.807, 2.05) is 6.08 Å². The molecule has 0 aromatic carbocycles. The molecule has 0 aliphatic rings. The standard InChI is InChI=1S/C80H155NO5/c1-3-5-7-9-11-13-15-17-19-21-22-23-31-34-37-41-44-48-52-56-60-64-68-72-78(83)77(76-82)81-79(84)73-69-65-61-57-53-49-45-42-38-35-32-29-27-25-24-26-28-30-33-36-39-43-47-51-55-59-63-67-71-75-86-80(85)74-70-66-62-58-54-50-46-40-20-18-16-14-12-10-8-6-4-2/h24,26,68,72,77-78,82-83H,3-23,25,27-67,69-71,73-76H2,1-2H3,(H,81,84)/b26-24-,72-68+. The first kappa shape index (κ1) is 84.3. The molecule has 0 aromatic rings. The Morgan fingerprint density at radius 1 is 0.314 bits per heavy atom. The summed E-state index contributed by atoms with van der Waals surface area (Å²) < 4.78 is 5.51. The van der Waals surface area contributed by atoms with Crippen LogP contribution in [0.15, 0.2) is 24.3 Å². The lowest BCUT2D eigenvalue weighted by atomic mass is 10.0. The van der Waals surface area contributed by atoms with Gasteiger partial charge in [0.15, 0.2) is 0 Å². The number of carbonyl (C=O) groups excluding carboxylic acids is 2. The molecule has 2 unspecified atom stereocenters. The van der Waals surface area contributed by atoms with Crippen molar-refractivity contribution >= 4 is 11.9 Å². The number of allylic oxidation sites excluding steroid dienone is 3. The largest absolute Gasteiger partial charge is 0.466 e. The van der Waals surface area contributed by atoms with Gasteiger partial charge < -0.3 is 20.3 Å². The summed E-state index contributed by atoms with van der Waals surface area (Å²) in [5.74, 6) is -0.0408. The SMILES string of the molecule is CCCCCCCCCCCCCCCCCCCCCCC/C=C/C(O)C(CO)NC(=O)CCCCCCCCCCCCCCC/C=C\CCCCCCCCCCCCCCOC(=O)CCCCCCCCCCCCCCCCCCC. The maximum Gasteiger partial charge on any atom is 0.305 e. The van der Waals surface area contributed by atoms with Gasteiger partial charge in [-0.15, -0.1) is 0 Å². The van der Waals surface area contributed by atoms with E-state index in [1.54, 1.807) is 6.08 Å². The molecule has 86 heavy (non-hydrogen) atoms. The fourth-order valence-electron chi connectivity index (χ4n) is 12.7. The zero-order chi connectivity index (χ0) is 62.0. The Morgan fingerprint density at radius 2 is 0.547 bits per heavy atom. The third-order valence-corrected chi connectivity index (χ3v) is 18.7. The number of nitrogens with one attached hydrogen (secondary N) is 1. The van der Waals surface area contributed by atoms with Gasteiger partial charge in [0.2, 0.25) is 5.91 Å². The summed E-state index contributed by atoms with van der Waals surface area (Å²) in [6.07, 6.45) is 97.2. The van der Waals surface area contributed by atoms with Crippen LogP contribution in [0, 0.1) is 0 Å². The number of esters is 1. The van der Waals surface area contributed by atoms with Crippen molar-refractivity contribution in [1.82, 2.24) is 5.32 Å². The van der Waals surface area contributed by atoms with E-state index in [0.29, 0.717) is 19.4 Å². The van der Waals surface area contributed by atoms with Crippen LogP contribution >= 0.6 is 0 Å². The Bertz CT molecular complexity index is 1350. The van der Waals surface area contributed by atoms with E-state index in [9.17, 15) is 19.8 Å². The van der Waals surface area contributed by atoms with Gasteiger partial charge >= 0.3 is 5.97 Å². The van der Waals surface area contributed by atoms with Crippen LogP contribution in [0.4, 0.5) is 0 Å². The number of hydrogen-bond donors (Lipinski definition) is 3. The third kappa shape index (κ3) is 71.4. The van der Waals surface area contributed by atoms with Crippen LogP contribution in [0.25, 0.3) is 0 Å². The Morgan fingerprint density at radius 3 is 0.826 bits per heavy atom. The fourth-order valence-corrected chi connectivity index (χ4v) is 12.7. The number of ether oxygens (including phenoxy) is 1. The minimum atomic E-state index is -0.845. The molecule has 0 saturated carbocycles. The van der Waals surface area contributed by atoms with Crippen molar-refractivity contribution in [2.75, 3.05) is 13.2 Å². The lowest BCUT2D eigenvalue weighted by molar-refractivity contribution is -0.143. The van der Waals surface area contributed by atoms with E-state index in [-0.39, 0.29) is 18.5 Å². The van der Waals surface area contributed by atoms with Crippen LogP contribution < -0.4 is 5.32 Å². The van der Waals surface area contributed by atoms with E-state index >= 15 is 0 Å². The molecular formula is C80H155NO5. The van der Waals surface area contributed by atoms with E-state index < -0.39 is 12.1 Å². The van der Waals surface area contributed by atoms with Crippen LogP contribution in [0.3, 0.4) is 0 Å². The quantitative estimate of drug-likeness (QED) is 0.0320. The average Bonchev–Trinajstić information content (AvgIpc) is 3.59. The minimum Gasteiger partial charge on any atom is -0.466 e. The number of rotatable bonds is 75. The van der Waals surface area contributed by atoms with Crippen LogP contribution in [-0.2, 0) is 14.3 Å². The number of aliphatic hydroxyl groups excluding tert-OH is 2. The molecule has 0 aliphatic heterocycles. The molecule has 510 valence electrons. The zero-order valence-corrected chi connectivity index (χ0v) is 58.6. The van der Waals surface area contributed by atoms with Gasteiger partial charge in [-0.25, -0.2) is 0 Å². The lowest BCUT2D eigenvalue weighted by Crippen LogP contribution is -2.45. The predicted octanol–water partition coefficient (Wildman–Crippen LogP) is 26.0. The van der Waals surface area contributed by atoms with Crippen molar-refractivity contribution in [2.45, 2.75) is 463 Å². The highest BCUT2D eigenvalue weighted by atomic mass is 16.5. The summed E-state index contributed by atoms with van der Waals surface area (Å²) in [7, 11) is 0. The molecule has 0 aliphatic carbocycles. The Hall–Kier alpha value is -1.66. The molecule has 0 saturated heterocycles. The second-order valence-electron chi connectivity index (χ2n) is 27.4. The summed E-state index contributed by atoms with van der Waals surface area (Å²) in [6.45, 7) is 4.96. The molecule has 0 bridgehead atoms. The first-order valence-electron chi connectivity index (χ1n) is 39.6. The van der Waals surface area contributed by atoms with Gasteiger partial charge in [0, 0.05) is 12.8 Å². The number of aliphatic hydroxyl groups is 2. The number of unbranched alkanes of at least 4 members (excludes halogenated alkanes) is 62. The van der Waals surface area contributed by atoms with Crippen molar-refractivity contribution in [2.24, 2.45) is 0 Å². The molecular weight excluding hydrogens is 1050 g/mol. The van der Waals surface area contributed by atoms with Gasteiger partial charge in [0.1, 0.15) is 0 Å². The van der Waals surface area contributed by atoms with Gasteiger partial charge in [-0.2, -0.15) is 0 Å². The van der Waals surface area contributed by atoms with Crippen molar-refractivity contribution < 1.29 is 24.5 Å². The molecule has 0 radical (unpaired) electrons. The molecule has 3 N–H and O–H groups in total. The van der Waals surface area contributed by atoms with E-state index in [2.05, 4.69) is 31.3 Å². The van der Waals surface area contributed by atoms with Crippen LogP contribution in [0.2, 0.25) is 0 Å². The Labute approximate surface area is 539 Å². The van der Waals surface area contributed by atoms with Gasteiger partial charge in [0.25, 0.3) is 0 Å². The molecule has 6 heteroatoms. The lowest BCUT2D eigenvalue weighted by Gasteiger charge is -2.20. The molecule has 0 aromatic heterocycles. The van der Waals surface area contributed by atoms with Crippen molar-refractivity contribution in [3.63, 3.8) is 0 Å². The van der Waals surface area contributed by atoms with E-state index in [4.69, 9.17) is 4.74 Å². The van der Waals surface area contributed by atoms with Gasteiger partial charge in [-0.1, -0.05) is 404 Å². The van der Waals surface area contributed by atoms with Gasteiger partial charge in [-0.3, -0.25) is 9.59 Å². The average molecular weight is 1210 g/mol. The highest BCUT2D eigenvalue weighted by Crippen LogP contribution is 2.20. The van der Waals surface area contributed by atoms with Gasteiger partial charge in [0.05, 0.1) is 25.4 Å². The first-order valence-corrected chi connectivity index (χ1v) is 39.6. The topological polar surface area (TPSA) is 95.9 Å². The Balaban J connectivity index is 3.38. The van der Waals surface area contributed by atoms with Crippen LogP contribution in [-0.4, -0.2) is 47.4 Å². The monoisotopic (exact) mass is 1210 g/mol. The van der Waals surface area contributed by atoms with Crippen LogP contribution in [0.5, 0.6) is 0 Å². The van der Waals surface area contributed by atoms with Gasteiger partial charge in [-0.05, 0) is 57.8 Å². The fraction of sp³-hybridized carbons (Fsp3) is 0.925. The Kier molecular flexibility index (Phi) is 74.3. The molecule has 0 rings (SSSR count). The van der Waals surface area contributed by atoms with Crippen molar-refractivity contribution in [3.05, 3.63) is 24.3 Å². The number of amides is 1. The zero-order valence-electron chi connectivity index (χ0n) is 58.6. The smallest absolute Gasteiger partial charge is 0.305 e. The van der Waals surface area contributed by atoms with E-state index in [1.165, 1.54) is 385 Å². The highest BCUT2D eigenvalue weighted by molar-refractivity contribution is 5.76. The molecule has 0 fully saturated rings.